The molecule has 4 rings (SSSR count). The maximum atomic E-state index is 12.4. The Kier molecular flexibility index (Phi) is 4.31. The Morgan fingerprint density at radius 2 is 2.16 bits per heavy atom. The summed E-state index contributed by atoms with van der Waals surface area (Å²) in [5, 5.41) is 7.04. The summed E-state index contributed by atoms with van der Waals surface area (Å²) < 4.78 is 10.6. The summed E-state index contributed by atoms with van der Waals surface area (Å²) in [5.74, 6) is 0.885. The molecule has 1 fully saturated rings. The molecule has 0 bridgehead atoms. The van der Waals surface area contributed by atoms with Gasteiger partial charge in [-0.05, 0) is 40.9 Å². The van der Waals surface area contributed by atoms with Crippen LogP contribution >= 0.6 is 11.3 Å². The van der Waals surface area contributed by atoms with Crippen molar-refractivity contribution in [2.45, 2.75) is 12.8 Å². The zero-order valence-corrected chi connectivity index (χ0v) is 14.4. The van der Waals surface area contributed by atoms with E-state index in [2.05, 4.69) is 16.8 Å². The SMILES string of the molecule is O=C(NCCc1ccsc1)C1CC(=O)N(c2ccc3c(c2)OCO3)C1. The largest absolute Gasteiger partial charge is 0.454 e. The van der Waals surface area contributed by atoms with E-state index >= 15 is 0 Å². The number of benzene rings is 1. The van der Waals surface area contributed by atoms with Crippen LogP contribution in [0.15, 0.2) is 35.0 Å². The van der Waals surface area contributed by atoms with Crippen LogP contribution in [0.5, 0.6) is 11.5 Å². The second kappa shape index (κ2) is 6.76. The Bertz CT molecular complexity index is 790. The van der Waals surface area contributed by atoms with E-state index in [-0.39, 0.29) is 30.9 Å². The number of ether oxygens (including phenoxy) is 2. The Labute approximate surface area is 149 Å². The number of fused-ring (bicyclic) bond motifs is 1. The van der Waals surface area contributed by atoms with E-state index in [4.69, 9.17) is 9.47 Å². The molecule has 130 valence electrons. The lowest BCUT2D eigenvalue weighted by Crippen LogP contribution is -2.34. The normalized spacial score (nSPS) is 18.6. The minimum atomic E-state index is -0.319. The average Bonchev–Trinajstić information content (AvgIpc) is 3.34. The van der Waals surface area contributed by atoms with E-state index in [9.17, 15) is 9.59 Å². The molecule has 1 atom stereocenters. The predicted octanol–water partition coefficient (Wildman–Crippen LogP) is 2.19. The molecule has 3 heterocycles. The van der Waals surface area contributed by atoms with E-state index in [1.54, 1.807) is 28.4 Å². The number of thiophene rings is 1. The molecule has 1 unspecified atom stereocenters. The maximum Gasteiger partial charge on any atom is 0.231 e. The van der Waals surface area contributed by atoms with E-state index in [0.29, 0.717) is 24.6 Å². The Balaban J connectivity index is 1.35. The molecule has 0 aliphatic carbocycles. The smallest absolute Gasteiger partial charge is 0.231 e. The van der Waals surface area contributed by atoms with Crippen molar-refractivity contribution in [1.29, 1.82) is 0 Å². The lowest BCUT2D eigenvalue weighted by molar-refractivity contribution is -0.126. The van der Waals surface area contributed by atoms with Crippen LogP contribution in [-0.4, -0.2) is 31.7 Å². The molecular weight excluding hydrogens is 340 g/mol. The van der Waals surface area contributed by atoms with Gasteiger partial charge in [-0.1, -0.05) is 0 Å². The average molecular weight is 358 g/mol. The summed E-state index contributed by atoms with van der Waals surface area (Å²) in [6, 6.07) is 7.45. The third-order valence-corrected chi connectivity index (χ3v) is 5.19. The molecule has 0 saturated carbocycles. The first-order valence-corrected chi connectivity index (χ1v) is 9.14. The highest BCUT2D eigenvalue weighted by atomic mass is 32.1. The lowest BCUT2D eigenvalue weighted by atomic mass is 10.1. The number of anilines is 1. The van der Waals surface area contributed by atoms with Crippen LogP contribution in [0.4, 0.5) is 5.69 Å². The van der Waals surface area contributed by atoms with Crippen LogP contribution in [0.1, 0.15) is 12.0 Å². The molecule has 2 amide bonds. The Hall–Kier alpha value is -2.54. The van der Waals surface area contributed by atoms with Crippen molar-refractivity contribution in [3.8, 4) is 11.5 Å². The second-order valence-corrected chi connectivity index (χ2v) is 6.90. The molecule has 0 radical (unpaired) electrons. The standard InChI is InChI=1S/C18H18N2O4S/c21-17-7-13(18(22)19-5-3-12-4-6-25-10-12)9-20(17)14-1-2-15-16(8-14)24-11-23-15/h1-2,4,6,8,10,13H,3,5,7,9,11H2,(H,19,22). The maximum absolute atomic E-state index is 12.4. The number of hydrogen-bond acceptors (Lipinski definition) is 5. The van der Waals surface area contributed by atoms with Crippen molar-refractivity contribution in [3.63, 3.8) is 0 Å². The molecule has 2 aromatic rings. The van der Waals surface area contributed by atoms with Gasteiger partial charge in [-0.2, -0.15) is 11.3 Å². The van der Waals surface area contributed by atoms with Gasteiger partial charge in [0.05, 0.1) is 5.92 Å². The second-order valence-electron chi connectivity index (χ2n) is 6.12. The monoisotopic (exact) mass is 358 g/mol. The zero-order valence-electron chi connectivity index (χ0n) is 13.6. The number of hydrogen-bond donors (Lipinski definition) is 1. The van der Waals surface area contributed by atoms with Crippen molar-refractivity contribution in [3.05, 3.63) is 40.6 Å². The number of nitrogens with zero attached hydrogens (tertiary/aromatic N) is 1. The van der Waals surface area contributed by atoms with Crippen molar-refractivity contribution in [2.75, 3.05) is 24.8 Å². The Morgan fingerprint density at radius 3 is 3.00 bits per heavy atom. The number of carbonyl (C=O) groups is 2. The number of carbonyl (C=O) groups excluding carboxylic acids is 2. The summed E-state index contributed by atoms with van der Waals surface area (Å²) in [6.45, 7) is 1.18. The number of amides is 2. The first-order valence-electron chi connectivity index (χ1n) is 8.19. The van der Waals surface area contributed by atoms with Gasteiger partial charge in [-0.3, -0.25) is 9.59 Å². The molecular formula is C18H18N2O4S. The van der Waals surface area contributed by atoms with Crippen molar-refractivity contribution < 1.29 is 19.1 Å². The van der Waals surface area contributed by atoms with E-state index in [0.717, 1.165) is 12.1 Å². The number of rotatable bonds is 5. The molecule has 0 spiro atoms. The molecule has 1 aromatic carbocycles. The van der Waals surface area contributed by atoms with E-state index in [1.165, 1.54) is 5.56 Å². The minimum absolute atomic E-state index is 0.0446. The van der Waals surface area contributed by atoms with Gasteiger partial charge in [0.25, 0.3) is 0 Å². The fourth-order valence-corrected chi connectivity index (χ4v) is 3.80. The summed E-state index contributed by atoms with van der Waals surface area (Å²) in [6.07, 6.45) is 1.04. The molecule has 1 N–H and O–H groups in total. The molecule has 7 heteroatoms. The quantitative estimate of drug-likeness (QED) is 0.890. The molecule has 6 nitrogen and oxygen atoms in total. The van der Waals surface area contributed by atoms with Gasteiger partial charge in [0.15, 0.2) is 11.5 Å². The molecule has 1 aromatic heterocycles. The fourth-order valence-electron chi connectivity index (χ4n) is 3.10. The van der Waals surface area contributed by atoms with Crippen molar-refractivity contribution in [2.24, 2.45) is 5.92 Å². The first-order chi connectivity index (χ1) is 12.2. The minimum Gasteiger partial charge on any atom is -0.454 e. The summed E-state index contributed by atoms with van der Waals surface area (Å²) in [4.78, 5) is 26.3. The topological polar surface area (TPSA) is 67.9 Å². The van der Waals surface area contributed by atoms with Gasteiger partial charge in [0.1, 0.15) is 0 Å². The fraction of sp³-hybridized carbons (Fsp3) is 0.333. The van der Waals surface area contributed by atoms with Crippen LogP contribution < -0.4 is 19.7 Å². The number of nitrogens with one attached hydrogen (secondary N) is 1. The van der Waals surface area contributed by atoms with Crippen molar-refractivity contribution >= 4 is 28.8 Å². The molecule has 2 aliphatic rings. The van der Waals surface area contributed by atoms with Crippen LogP contribution in [0.3, 0.4) is 0 Å². The van der Waals surface area contributed by atoms with E-state index in [1.807, 2.05) is 11.4 Å². The van der Waals surface area contributed by atoms with Crippen LogP contribution in [-0.2, 0) is 16.0 Å². The van der Waals surface area contributed by atoms with E-state index < -0.39 is 0 Å². The molecule has 25 heavy (non-hydrogen) atoms. The predicted molar refractivity (Wildman–Crippen MR) is 94.1 cm³/mol. The highest BCUT2D eigenvalue weighted by molar-refractivity contribution is 7.07. The summed E-state index contributed by atoms with van der Waals surface area (Å²) >= 11 is 1.65. The summed E-state index contributed by atoms with van der Waals surface area (Å²) in [5.41, 5.74) is 1.96. The first kappa shape index (κ1) is 16.0. The lowest BCUT2D eigenvalue weighted by Gasteiger charge is -2.17. The zero-order chi connectivity index (χ0) is 17.2. The molecule has 1 saturated heterocycles. The van der Waals surface area contributed by atoms with Gasteiger partial charge in [0.2, 0.25) is 18.6 Å². The van der Waals surface area contributed by atoms with Gasteiger partial charge < -0.3 is 19.7 Å². The molecule has 2 aliphatic heterocycles. The van der Waals surface area contributed by atoms with Crippen LogP contribution in [0.2, 0.25) is 0 Å². The third kappa shape index (κ3) is 3.32. The summed E-state index contributed by atoms with van der Waals surface area (Å²) in [7, 11) is 0. The highest BCUT2D eigenvalue weighted by Gasteiger charge is 2.35. The van der Waals surface area contributed by atoms with Gasteiger partial charge in [-0.15, -0.1) is 0 Å². The van der Waals surface area contributed by atoms with Gasteiger partial charge >= 0.3 is 0 Å². The van der Waals surface area contributed by atoms with Gasteiger partial charge in [0, 0.05) is 31.3 Å². The third-order valence-electron chi connectivity index (χ3n) is 4.46. The Morgan fingerprint density at radius 1 is 1.28 bits per heavy atom. The van der Waals surface area contributed by atoms with Crippen molar-refractivity contribution in [1.82, 2.24) is 5.32 Å². The van der Waals surface area contributed by atoms with Gasteiger partial charge in [-0.25, -0.2) is 0 Å². The van der Waals surface area contributed by atoms with Crippen LogP contribution in [0.25, 0.3) is 0 Å². The van der Waals surface area contributed by atoms with Crippen LogP contribution in [0, 0.1) is 5.92 Å². The highest BCUT2D eigenvalue weighted by Crippen LogP contribution is 2.37.